The molecule has 0 fully saturated rings. The summed E-state index contributed by atoms with van der Waals surface area (Å²) in [6.07, 6.45) is 2.01. The third-order valence-corrected chi connectivity index (χ3v) is 6.29. The summed E-state index contributed by atoms with van der Waals surface area (Å²) in [5.41, 5.74) is 3.66. The van der Waals surface area contributed by atoms with Crippen molar-refractivity contribution in [1.29, 1.82) is 0 Å². The Bertz CT molecular complexity index is 1150. The predicted octanol–water partition coefficient (Wildman–Crippen LogP) is 4.32. The van der Waals surface area contributed by atoms with Crippen LogP contribution >= 0.6 is 11.8 Å². The average molecular weight is 410 g/mol. The Morgan fingerprint density at radius 3 is 2.45 bits per heavy atom. The first kappa shape index (κ1) is 19.7. The molecule has 0 radical (unpaired) electrons. The van der Waals surface area contributed by atoms with Crippen molar-refractivity contribution in [2.24, 2.45) is 0 Å². The van der Waals surface area contributed by atoms with Gasteiger partial charge < -0.3 is 14.1 Å². The predicted molar refractivity (Wildman–Crippen MR) is 115 cm³/mol. The molecule has 0 spiro atoms. The van der Waals surface area contributed by atoms with Crippen molar-refractivity contribution < 1.29 is 13.9 Å². The number of hydrogen-bond acceptors (Lipinski definition) is 5. The first-order chi connectivity index (χ1) is 14.0. The highest BCUT2D eigenvalue weighted by Crippen LogP contribution is 2.38. The number of aryl methyl sites for hydroxylation is 2. The zero-order valence-electron chi connectivity index (χ0n) is 16.9. The van der Waals surface area contributed by atoms with Gasteiger partial charge in [-0.15, -0.1) is 11.8 Å². The van der Waals surface area contributed by atoms with Gasteiger partial charge in [-0.2, -0.15) is 0 Å². The number of carbonyl (C=O) groups excluding carboxylic acids is 1. The highest BCUT2D eigenvalue weighted by atomic mass is 32.2. The van der Waals surface area contributed by atoms with Gasteiger partial charge in [0.2, 0.25) is 5.76 Å². The Labute approximate surface area is 173 Å². The van der Waals surface area contributed by atoms with E-state index in [9.17, 15) is 9.59 Å². The Morgan fingerprint density at radius 1 is 1.10 bits per heavy atom. The van der Waals surface area contributed by atoms with Crippen LogP contribution in [-0.4, -0.2) is 37.3 Å². The van der Waals surface area contributed by atoms with Crippen LogP contribution in [0, 0.1) is 13.8 Å². The van der Waals surface area contributed by atoms with Crippen LogP contribution in [0.25, 0.3) is 11.0 Å². The van der Waals surface area contributed by atoms with Gasteiger partial charge in [-0.05, 0) is 61.1 Å². The lowest BCUT2D eigenvalue weighted by molar-refractivity contribution is 0.0663. The fourth-order valence-electron chi connectivity index (χ4n) is 3.83. The lowest BCUT2D eigenvalue weighted by Gasteiger charge is -2.24. The van der Waals surface area contributed by atoms with Crippen molar-refractivity contribution >= 4 is 28.6 Å². The maximum absolute atomic E-state index is 13.5. The first-order valence-electron chi connectivity index (χ1n) is 9.48. The van der Waals surface area contributed by atoms with Gasteiger partial charge in [0, 0.05) is 18.6 Å². The van der Waals surface area contributed by atoms with Crippen molar-refractivity contribution in [3.05, 3.63) is 74.6 Å². The molecule has 3 aromatic rings. The van der Waals surface area contributed by atoms with Gasteiger partial charge in [-0.25, -0.2) is 0 Å². The molecular formula is C23H23NO4S. The minimum absolute atomic E-state index is 0.140. The highest BCUT2D eigenvalue weighted by molar-refractivity contribution is 7.98. The molecule has 150 valence electrons. The van der Waals surface area contributed by atoms with Crippen molar-refractivity contribution in [1.82, 2.24) is 4.90 Å². The maximum Gasteiger partial charge on any atom is 0.290 e. The summed E-state index contributed by atoms with van der Waals surface area (Å²) in [5, 5.41) is 0.513. The third kappa shape index (κ3) is 3.26. The third-order valence-electron chi connectivity index (χ3n) is 5.55. The molecule has 0 saturated heterocycles. The topological polar surface area (TPSA) is 59.8 Å². The molecule has 5 nitrogen and oxygen atoms in total. The summed E-state index contributed by atoms with van der Waals surface area (Å²) in [5.74, 6) is -0.131. The molecule has 1 aliphatic heterocycles. The monoisotopic (exact) mass is 409 g/mol. The number of thioether (sulfide) groups is 1. The van der Waals surface area contributed by atoms with Crippen LogP contribution in [0.3, 0.4) is 0 Å². The molecule has 1 unspecified atom stereocenters. The molecule has 0 saturated carbocycles. The number of hydrogen-bond donors (Lipinski definition) is 0. The van der Waals surface area contributed by atoms with E-state index in [0.29, 0.717) is 29.7 Å². The number of carbonyl (C=O) groups is 1. The number of fused-ring (bicyclic) bond motifs is 2. The minimum atomic E-state index is -0.481. The van der Waals surface area contributed by atoms with Crippen LogP contribution in [0.1, 0.15) is 38.9 Å². The Balaban J connectivity index is 1.95. The standard InChI is InChI=1S/C23H23NO4S/c1-13-11-17-18(12-14(13)2)28-22-19(21(17)25)20(24(23(22)26)9-10-27-3)15-5-7-16(29-4)8-6-15/h5-8,11-12,20H,9-10H2,1-4H3. The molecule has 1 atom stereocenters. The van der Waals surface area contributed by atoms with E-state index >= 15 is 0 Å². The molecule has 1 aromatic heterocycles. The van der Waals surface area contributed by atoms with Crippen molar-refractivity contribution in [2.45, 2.75) is 24.8 Å². The lowest BCUT2D eigenvalue weighted by Crippen LogP contribution is -2.32. The molecule has 29 heavy (non-hydrogen) atoms. The van der Waals surface area contributed by atoms with Crippen LogP contribution in [0.4, 0.5) is 0 Å². The van der Waals surface area contributed by atoms with E-state index in [4.69, 9.17) is 9.15 Å². The molecule has 1 aliphatic rings. The summed E-state index contributed by atoms with van der Waals surface area (Å²) in [6, 6.07) is 11.2. The van der Waals surface area contributed by atoms with E-state index in [1.54, 1.807) is 23.8 Å². The second-order valence-corrected chi connectivity index (χ2v) is 8.15. The Hall–Kier alpha value is -2.57. The highest BCUT2D eigenvalue weighted by Gasteiger charge is 2.42. The second-order valence-electron chi connectivity index (χ2n) is 7.27. The summed E-state index contributed by atoms with van der Waals surface area (Å²) < 4.78 is 11.2. The molecule has 2 heterocycles. The van der Waals surface area contributed by atoms with Gasteiger partial charge in [0.25, 0.3) is 5.91 Å². The van der Waals surface area contributed by atoms with E-state index in [2.05, 4.69) is 0 Å². The number of nitrogens with zero attached hydrogens (tertiary/aromatic N) is 1. The van der Waals surface area contributed by atoms with E-state index in [-0.39, 0.29) is 17.1 Å². The minimum Gasteiger partial charge on any atom is -0.450 e. The summed E-state index contributed by atoms with van der Waals surface area (Å²) >= 11 is 1.65. The second kappa shape index (κ2) is 7.69. The van der Waals surface area contributed by atoms with Crippen LogP contribution in [0.5, 0.6) is 0 Å². The smallest absolute Gasteiger partial charge is 0.290 e. The molecule has 4 rings (SSSR count). The number of methoxy groups -OCH3 is 1. The van der Waals surface area contributed by atoms with Gasteiger partial charge in [0.05, 0.1) is 23.6 Å². The van der Waals surface area contributed by atoms with E-state index in [1.807, 2.05) is 56.5 Å². The molecule has 0 N–H and O–H groups in total. The van der Waals surface area contributed by atoms with Crippen molar-refractivity contribution in [3.8, 4) is 0 Å². The van der Waals surface area contributed by atoms with Crippen molar-refractivity contribution in [2.75, 3.05) is 26.5 Å². The van der Waals surface area contributed by atoms with Crippen LogP contribution in [0.15, 0.2) is 50.5 Å². The van der Waals surface area contributed by atoms with E-state index < -0.39 is 6.04 Å². The SMILES string of the molecule is COCCN1C(=O)c2oc3cc(C)c(C)cc3c(=O)c2C1c1ccc(SC)cc1. The van der Waals surface area contributed by atoms with Gasteiger partial charge >= 0.3 is 0 Å². The molecule has 1 amide bonds. The number of rotatable bonds is 5. The number of benzene rings is 2. The van der Waals surface area contributed by atoms with Gasteiger partial charge in [0.15, 0.2) is 5.43 Å². The Morgan fingerprint density at radius 2 is 1.79 bits per heavy atom. The maximum atomic E-state index is 13.5. The molecule has 0 aliphatic carbocycles. The van der Waals surface area contributed by atoms with Crippen LogP contribution < -0.4 is 5.43 Å². The first-order valence-corrected chi connectivity index (χ1v) is 10.7. The molecule has 2 aromatic carbocycles. The Kier molecular flexibility index (Phi) is 5.23. The van der Waals surface area contributed by atoms with Crippen LogP contribution in [-0.2, 0) is 4.74 Å². The lowest BCUT2D eigenvalue weighted by atomic mass is 9.97. The summed E-state index contributed by atoms with van der Waals surface area (Å²) in [7, 11) is 1.60. The summed E-state index contributed by atoms with van der Waals surface area (Å²) in [6.45, 7) is 4.69. The number of ether oxygens (including phenoxy) is 1. The van der Waals surface area contributed by atoms with Gasteiger partial charge in [-0.1, -0.05) is 12.1 Å². The molecule has 6 heteroatoms. The molecule has 0 bridgehead atoms. The summed E-state index contributed by atoms with van der Waals surface area (Å²) in [4.78, 5) is 29.5. The number of amides is 1. The quantitative estimate of drug-likeness (QED) is 0.587. The average Bonchev–Trinajstić information content (AvgIpc) is 3.00. The fourth-order valence-corrected chi connectivity index (χ4v) is 4.24. The normalized spacial score (nSPS) is 15.9. The largest absolute Gasteiger partial charge is 0.450 e. The van der Waals surface area contributed by atoms with E-state index in [0.717, 1.165) is 21.6 Å². The zero-order valence-corrected chi connectivity index (χ0v) is 17.8. The van der Waals surface area contributed by atoms with Gasteiger partial charge in [0.1, 0.15) is 5.58 Å². The van der Waals surface area contributed by atoms with Crippen molar-refractivity contribution in [3.63, 3.8) is 0 Å². The van der Waals surface area contributed by atoms with Gasteiger partial charge in [-0.3, -0.25) is 9.59 Å². The molecular weight excluding hydrogens is 386 g/mol. The fraction of sp³-hybridized carbons (Fsp3) is 0.304. The van der Waals surface area contributed by atoms with Crippen LogP contribution in [0.2, 0.25) is 0 Å². The zero-order chi connectivity index (χ0) is 20.7. The van der Waals surface area contributed by atoms with E-state index in [1.165, 1.54) is 0 Å².